The van der Waals surface area contributed by atoms with Crippen molar-refractivity contribution in [2.75, 3.05) is 6.54 Å². The molecule has 0 radical (unpaired) electrons. The van der Waals surface area contributed by atoms with Gasteiger partial charge in [0.25, 0.3) is 0 Å². The van der Waals surface area contributed by atoms with Crippen molar-refractivity contribution >= 4 is 6.09 Å². The van der Waals surface area contributed by atoms with Gasteiger partial charge in [-0.25, -0.2) is 4.79 Å². The van der Waals surface area contributed by atoms with E-state index in [2.05, 4.69) is 27.4 Å². The maximum absolute atomic E-state index is 12.2. The van der Waals surface area contributed by atoms with Crippen LogP contribution in [0.3, 0.4) is 0 Å². The van der Waals surface area contributed by atoms with E-state index < -0.39 is 5.60 Å². The molecule has 0 N–H and O–H groups in total. The lowest BCUT2D eigenvalue weighted by atomic mass is 9.82. The number of likely N-dealkylation sites (tertiary alicyclic amines) is 1. The number of hydrogen-bond acceptors (Lipinski definition) is 2. The lowest BCUT2D eigenvalue weighted by Crippen LogP contribution is -2.42. The lowest BCUT2D eigenvalue weighted by Gasteiger charge is -2.34. The molecule has 1 fully saturated rings. The maximum atomic E-state index is 12.2. The van der Waals surface area contributed by atoms with Gasteiger partial charge in [-0.05, 0) is 44.6 Å². The van der Waals surface area contributed by atoms with Crippen LogP contribution in [0.2, 0.25) is 0 Å². The van der Waals surface area contributed by atoms with Gasteiger partial charge in [0, 0.05) is 6.54 Å². The Hall–Kier alpha value is -0.990. The third kappa shape index (κ3) is 3.76. The molecule has 1 heterocycles. The fraction of sp³-hybridized carbons (Fsp3) is 0.800. The SMILES string of the molecule is C=C([C@H]1CCCN1C(=O)OC(C)(C)C)C(C)(C)C. The highest BCUT2D eigenvalue weighted by atomic mass is 16.6. The summed E-state index contributed by atoms with van der Waals surface area (Å²) in [5.74, 6) is 0. The van der Waals surface area contributed by atoms with Gasteiger partial charge in [0.15, 0.2) is 0 Å². The Labute approximate surface area is 111 Å². The molecule has 1 rings (SSSR count). The van der Waals surface area contributed by atoms with E-state index in [0.717, 1.165) is 25.0 Å². The number of amides is 1. The van der Waals surface area contributed by atoms with Crippen LogP contribution in [0.1, 0.15) is 54.4 Å². The molecule has 0 saturated carbocycles. The van der Waals surface area contributed by atoms with Crippen LogP contribution in [-0.2, 0) is 4.74 Å². The van der Waals surface area contributed by atoms with Crippen molar-refractivity contribution in [2.24, 2.45) is 5.41 Å². The number of carbonyl (C=O) groups excluding carboxylic acids is 1. The number of nitrogens with zero attached hydrogens (tertiary/aromatic N) is 1. The zero-order valence-electron chi connectivity index (χ0n) is 12.7. The molecule has 1 atom stereocenters. The minimum absolute atomic E-state index is 0.0231. The first-order chi connectivity index (χ1) is 8.02. The zero-order chi connectivity index (χ0) is 14.1. The summed E-state index contributed by atoms with van der Waals surface area (Å²) in [7, 11) is 0. The molecule has 0 bridgehead atoms. The first kappa shape index (κ1) is 15.1. The summed E-state index contributed by atoms with van der Waals surface area (Å²) in [5, 5.41) is 0. The number of carbonyl (C=O) groups is 1. The average molecular weight is 253 g/mol. The van der Waals surface area contributed by atoms with Crippen LogP contribution in [0.25, 0.3) is 0 Å². The van der Waals surface area contributed by atoms with Crippen LogP contribution in [0.4, 0.5) is 4.79 Å². The fourth-order valence-corrected chi connectivity index (χ4v) is 2.17. The van der Waals surface area contributed by atoms with E-state index in [-0.39, 0.29) is 17.6 Å². The predicted octanol–water partition coefficient (Wildman–Crippen LogP) is 3.99. The Morgan fingerprint density at radius 1 is 1.22 bits per heavy atom. The Morgan fingerprint density at radius 2 is 1.78 bits per heavy atom. The van der Waals surface area contributed by atoms with Crippen LogP contribution in [0.5, 0.6) is 0 Å². The predicted molar refractivity (Wildman–Crippen MR) is 74.6 cm³/mol. The van der Waals surface area contributed by atoms with E-state index in [1.807, 2.05) is 25.7 Å². The van der Waals surface area contributed by atoms with E-state index in [1.165, 1.54) is 0 Å². The molecule has 1 saturated heterocycles. The minimum Gasteiger partial charge on any atom is -0.444 e. The molecule has 3 heteroatoms. The molecular weight excluding hydrogens is 226 g/mol. The van der Waals surface area contributed by atoms with Gasteiger partial charge in [0.2, 0.25) is 0 Å². The van der Waals surface area contributed by atoms with Gasteiger partial charge in [0.05, 0.1) is 6.04 Å². The van der Waals surface area contributed by atoms with Crippen molar-refractivity contribution in [3.8, 4) is 0 Å². The molecule has 3 nitrogen and oxygen atoms in total. The van der Waals surface area contributed by atoms with Crippen molar-refractivity contribution in [3.05, 3.63) is 12.2 Å². The second-order valence-corrected chi connectivity index (χ2v) is 7.11. The zero-order valence-corrected chi connectivity index (χ0v) is 12.7. The molecule has 1 aliphatic rings. The van der Waals surface area contributed by atoms with Crippen molar-refractivity contribution in [2.45, 2.75) is 66.0 Å². The third-order valence-corrected chi connectivity index (χ3v) is 3.25. The van der Waals surface area contributed by atoms with E-state index in [9.17, 15) is 4.79 Å². The highest BCUT2D eigenvalue weighted by Crippen LogP contribution is 2.34. The summed E-state index contributed by atoms with van der Waals surface area (Å²) in [6.45, 7) is 17.1. The van der Waals surface area contributed by atoms with Crippen molar-refractivity contribution in [1.29, 1.82) is 0 Å². The molecule has 0 aromatic rings. The summed E-state index contributed by atoms with van der Waals surface area (Å²) < 4.78 is 5.46. The third-order valence-electron chi connectivity index (χ3n) is 3.25. The van der Waals surface area contributed by atoms with Gasteiger partial charge in [-0.2, -0.15) is 0 Å². The molecule has 104 valence electrons. The Bertz CT molecular complexity index is 333. The standard InChI is InChI=1S/C15H27NO2/c1-11(14(2,3)4)12-9-8-10-16(12)13(17)18-15(5,6)7/h12H,1,8-10H2,2-7H3/t12-/m1/s1. The molecule has 0 unspecified atom stereocenters. The number of rotatable bonds is 1. The second kappa shape index (κ2) is 4.94. The van der Waals surface area contributed by atoms with E-state index in [0.29, 0.717) is 0 Å². The van der Waals surface area contributed by atoms with E-state index in [4.69, 9.17) is 4.74 Å². The largest absolute Gasteiger partial charge is 0.444 e. The van der Waals surface area contributed by atoms with Crippen molar-refractivity contribution < 1.29 is 9.53 Å². The normalized spacial score (nSPS) is 21.0. The monoisotopic (exact) mass is 253 g/mol. The molecule has 1 amide bonds. The van der Waals surface area contributed by atoms with Crippen LogP contribution >= 0.6 is 0 Å². The molecular formula is C15H27NO2. The Morgan fingerprint density at radius 3 is 2.22 bits per heavy atom. The second-order valence-electron chi connectivity index (χ2n) is 7.11. The Balaban J connectivity index is 2.77. The number of ether oxygens (including phenoxy) is 1. The summed E-state index contributed by atoms with van der Waals surface area (Å²) in [4.78, 5) is 14.0. The van der Waals surface area contributed by atoms with Gasteiger partial charge in [-0.1, -0.05) is 27.4 Å². The molecule has 18 heavy (non-hydrogen) atoms. The van der Waals surface area contributed by atoms with Gasteiger partial charge in [0.1, 0.15) is 5.60 Å². The first-order valence-electron chi connectivity index (χ1n) is 6.71. The molecule has 0 aromatic heterocycles. The lowest BCUT2D eigenvalue weighted by molar-refractivity contribution is 0.0240. The van der Waals surface area contributed by atoms with E-state index >= 15 is 0 Å². The average Bonchev–Trinajstić information content (AvgIpc) is 2.60. The van der Waals surface area contributed by atoms with Gasteiger partial charge in [-0.15, -0.1) is 0 Å². The fourth-order valence-electron chi connectivity index (χ4n) is 2.17. The Kier molecular flexibility index (Phi) is 4.14. The van der Waals surface area contributed by atoms with Gasteiger partial charge < -0.3 is 9.64 Å². The molecule has 0 aliphatic carbocycles. The van der Waals surface area contributed by atoms with Crippen LogP contribution in [0, 0.1) is 5.41 Å². The molecule has 0 spiro atoms. The first-order valence-corrected chi connectivity index (χ1v) is 6.71. The van der Waals surface area contributed by atoms with Crippen LogP contribution in [-0.4, -0.2) is 29.2 Å². The van der Waals surface area contributed by atoms with E-state index in [1.54, 1.807) is 0 Å². The topological polar surface area (TPSA) is 29.5 Å². The highest BCUT2D eigenvalue weighted by Gasteiger charge is 2.36. The van der Waals surface area contributed by atoms with Crippen LogP contribution < -0.4 is 0 Å². The maximum Gasteiger partial charge on any atom is 0.410 e. The highest BCUT2D eigenvalue weighted by molar-refractivity contribution is 5.69. The smallest absolute Gasteiger partial charge is 0.410 e. The molecule has 0 aromatic carbocycles. The number of hydrogen-bond donors (Lipinski definition) is 0. The summed E-state index contributed by atoms with van der Waals surface area (Å²) in [5.41, 5.74) is 0.702. The summed E-state index contributed by atoms with van der Waals surface area (Å²) in [6.07, 6.45) is 1.81. The van der Waals surface area contributed by atoms with Crippen LogP contribution in [0.15, 0.2) is 12.2 Å². The van der Waals surface area contributed by atoms with Gasteiger partial charge >= 0.3 is 6.09 Å². The quantitative estimate of drug-likeness (QED) is 0.661. The minimum atomic E-state index is -0.437. The summed E-state index contributed by atoms with van der Waals surface area (Å²) in [6, 6.07) is 0.125. The van der Waals surface area contributed by atoms with Crippen molar-refractivity contribution in [1.82, 2.24) is 4.90 Å². The van der Waals surface area contributed by atoms with Gasteiger partial charge in [-0.3, -0.25) is 0 Å². The van der Waals surface area contributed by atoms with Crippen molar-refractivity contribution in [3.63, 3.8) is 0 Å². The molecule has 1 aliphatic heterocycles. The summed E-state index contributed by atoms with van der Waals surface area (Å²) >= 11 is 0.